The van der Waals surface area contributed by atoms with Crippen LogP contribution in [-0.2, 0) is 0 Å². The van der Waals surface area contributed by atoms with Crippen molar-refractivity contribution < 1.29 is 4.79 Å². The standard InChI is InChI=1S/C21H20N2OS3/c1-14(18-13-27-20(22-18)23-21(25-2)26-3)16-10-7-11-17(12-16)19(24)15-8-5-4-6-9-15/h4-14H,1-3H3. The van der Waals surface area contributed by atoms with Gasteiger partial charge in [-0.05, 0) is 24.1 Å². The van der Waals surface area contributed by atoms with E-state index in [1.165, 1.54) is 0 Å². The van der Waals surface area contributed by atoms with Gasteiger partial charge in [-0.2, -0.15) is 0 Å². The molecular formula is C21H20N2OS3. The van der Waals surface area contributed by atoms with Crippen molar-refractivity contribution in [3.63, 3.8) is 0 Å². The van der Waals surface area contributed by atoms with Gasteiger partial charge in [-0.3, -0.25) is 4.79 Å². The minimum atomic E-state index is 0.0396. The molecule has 1 aromatic heterocycles. The van der Waals surface area contributed by atoms with E-state index in [0.29, 0.717) is 11.1 Å². The van der Waals surface area contributed by atoms with Crippen LogP contribution in [0.5, 0.6) is 0 Å². The molecule has 6 heteroatoms. The number of carbonyl (C=O) groups excluding carboxylic acids is 1. The highest BCUT2D eigenvalue weighted by Crippen LogP contribution is 2.30. The molecule has 0 bridgehead atoms. The van der Waals surface area contributed by atoms with E-state index in [4.69, 9.17) is 0 Å². The van der Waals surface area contributed by atoms with E-state index in [-0.39, 0.29) is 11.7 Å². The monoisotopic (exact) mass is 412 g/mol. The van der Waals surface area contributed by atoms with Gasteiger partial charge in [-0.25, -0.2) is 9.98 Å². The van der Waals surface area contributed by atoms with Gasteiger partial charge in [0, 0.05) is 22.4 Å². The van der Waals surface area contributed by atoms with Crippen molar-refractivity contribution >= 4 is 50.2 Å². The highest BCUT2D eigenvalue weighted by atomic mass is 32.2. The van der Waals surface area contributed by atoms with E-state index < -0.39 is 0 Å². The first-order valence-corrected chi connectivity index (χ1v) is 11.8. The molecular weight excluding hydrogens is 392 g/mol. The molecule has 0 aliphatic carbocycles. The first-order valence-electron chi connectivity index (χ1n) is 8.44. The van der Waals surface area contributed by atoms with Crippen LogP contribution in [0.25, 0.3) is 0 Å². The fourth-order valence-corrected chi connectivity index (χ4v) is 4.58. The molecule has 138 valence electrons. The van der Waals surface area contributed by atoms with Gasteiger partial charge in [0.25, 0.3) is 0 Å². The quantitative estimate of drug-likeness (QED) is 0.283. The Morgan fingerprint density at radius 2 is 1.74 bits per heavy atom. The second kappa shape index (κ2) is 9.35. The fourth-order valence-electron chi connectivity index (χ4n) is 2.66. The molecule has 3 aromatic rings. The number of benzene rings is 2. The number of nitrogens with zero attached hydrogens (tertiary/aromatic N) is 2. The topological polar surface area (TPSA) is 42.3 Å². The van der Waals surface area contributed by atoms with Gasteiger partial charge in [-0.15, -0.1) is 34.9 Å². The van der Waals surface area contributed by atoms with Crippen LogP contribution in [-0.4, -0.2) is 27.7 Å². The zero-order valence-corrected chi connectivity index (χ0v) is 17.8. The first kappa shape index (κ1) is 19.9. The number of thiazole rings is 1. The number of hydrogen-bond donors (Lipinski definition) is 0. The maximum atomic E-state index is 12.7. The molecule has 3 rings (SSSR count). The van der Waals surface area contributed by atoms with Gasteiger partial charge in [-0.1, -0.05) is 55.5 Å². The summed E-state index contributed by atoms with van der Waals surface area (Å²) in [6.45, 7) is 2.11. The lowest BCUT2D eigenvalue weighted by Crippen LogP contribution is -2.03. The molecule has 1 heterocycles. The number of carbonyl (C=O) groups is 1. The van der Waals surface area contributed by atoms with E-state index in [1.807, 2.05) is 72.5 Å². The summed E-state index contributed by atoms with van der Waals surface area (Å²) in [5.74, 6) is 0.138. The molecule has 0 aliphatic rings. The third-order valence-corrected chi connectivity index (χ3v) is 6.81. The van der Waals surface area contributed by atoms with Crippen LogP contribution in [0.15, 0.2) is 65.0 Å². The van der Waals surface area contributed by atoms with Crippen LogP contribution >= 0.6 is 34.9 Å². The van der Waals surface area contributed by atoms with Crippen molar-refractivity contribution in [2.75, 3.05) is 12.5 Å². The lowest BCUT2D eigenvalue weighted by atomic mass is 9.94. The zero-order valence-electron chi connectivity index (χ0n) is 15.4. The molecule has 0 saturated carbocycles. The number of aliphatic imine (C=N–C) groups is 1. The van der Waals surface area contributed by atoms with Crippen LogP contribution in [0.1, 0.15) is 40.0 Å². The van der Waals surface area contributed by atoms with Crippen LogP contribution in [0.4, 0.5) is 5.13 Å². The molecule has 0 spiro atoms. The van der Waals surface area contributed by atoms with Crippen LogP contribution in [0, 0.1) is 0 Å². The van der Waals surface area contributed by atoms with Gasteiger partial charge in [0.15, 0.2) is 5.78 Å². The van der Waals surface area contributed by atoms with Crippen LogP contribution in [0.3, 0.4) is 0 Å². The number of rotatable bonds is 5. The minimum absolute atomic E-state index is 0.0396. The van der Waals surface area contributed by atoms with E-state index in [0.717, 1.165) is 20.8 Å². The summed E-state index contributed by atoms with van der Waals surface area (Å²) in [6.07, 6.45) is 4.03. The highest BCUT2D eigenvalue weighted by molar-refractivity contribution is 8.38. The Kier molecular flexibility index (Phi) is 6.88. The summed E-state index contributed by atoms with van der Waals surface area (Å²) in [5.41, 5.74) is 3.46. The van der Waals surface area contributed by atoms with Crippen molar-refractivity contribution in [2.24, 2.45) is 4.99 Å². The summed E-state index contributed by atoms with van der Waals surface area (Å²) in [6, 6.07) is 17.2. The SMILES string of the molecule is CSC(=Nc1nc(C(C)c2cccc(C(=O)c3ccccc3)c2)cs1)SC. The Balaban J connectivity index is 1.84. The van der Waals surface area contributed by atoms with Gasteiger partial charge >= 0.3 is 0 Å². The number of thioether (sulfide) groups is 2. The second-order valence-electron chi connectivity index (χ2n) is 5.88. The molecule has 0 aliphatic heterocycles. The smallest absolute Gasteiger partial charge is 0.210 e. The summed E-state index contributed by atoms with van der Waals surface area (Å²) >= 11 is 4.79. The summed E-state index contributed by atoms with van der Waals surface area (Å²) in [5, 5.41) is 2.82. The van der Waals surface area contributed by atoms with E-state index >= 15 is 0 Å². The van der Waals surface area contributed by atoms with Gasteiger partial charge < -0.3 is 0 Å². The Morgan fingerprint density at radius 3 is 2.44 bits per heavy atom. The van der Waals surface area contributed by atoms with E-state index in [1.54, 1.807) is 34.9 Å². The van der Waals surface area contributed by atoms with Crippen molar-refractivity contribution in [3.05, 3.63) is 82.4 Å². The maximum Gasteiger partial charge on any atom is 0.210 e. The summed E-state index contributed by atoms with van der Waals surface area (Å²) in [7, 11) is 0. The molecule has 3 nitrogen and oxygen atoms in total. The lowest BCUT2D eigenvalue weighted by Gasteiger charge is -2.11. The largest absolute Gasteiger partial charge is 0.289 e. The molecule has 0 N–H and O–H groups in total. The zero-order chi connectivity index (χ0) is 19.2. The average molecular weight is 413 g/mol. The molecule has 0 fully saturated rings. The lowest BCUT2D eigenvalue weighted by molar-refractivity contribution is 0.103. The molecule has 27 heavy (non-hydrogen) atoms. The summed E-state index contributed by atoms with van der Waals surface area (Å²) in [4.78, 5) is 22.0. The number of hydrogen-bond acceptors (Lipinski definition) is 6. The Hall–Kier alpha value is -1.89. The molecule has 2 aromatic carbocycles. The number of ketones is 1. The second-order valence-corrected chi connectivity index (χ2v) is 8.57. The van der Waals surface area contributed by atoms with Gasteiger partial charge in [0.05, 0.1) is 5.69 Å². The van der Waals surface area contributed by atoms with Gasteiger partial charge in [0.1, 0.15) is 4.38 Å². The predicted octanol–water partition coefficient (Wildman–Crippen LogP) is 6.24. The van der Waals surface area contributed by atoms with Crippen LogP contribution < -0.4 is 0 Å². The minimum Gasteiger partial charge on any atom is -0.289 e. The molecule has 0 radical (unpaired) electrons. The molecule has 0 amide bonds. The van der Waals surface area contributed by atoms with E-state index in [9.17, 15) is 4.79 Å². The van der Waals surface area contributed by atoms with Gasteiger partial charge in [0.2, 0.25) is 5.13 Å². The van der Waals surface area contributed by atoms with Crippen molar-refractivity contribution in [3.8, 4) is 0 Å². The van der Waals surface area contributed by atoms with Crippen molar-refractivity contribution in [2.45, 2.75) is 12.8 Å². The summed E-state index contributed by atoms with van der Waals surface area (Å²) < 4.78 is 0.999. The van der Waals surface area contributed by atoms with Crippen LogP contribution in [0.2, 0.25) is 0 Å². The Bertz CT molecular complexity index is 945. The fraction of sp³-hybridized carbons (Fsp3) is 0.190. The van der Waals surface area contributed by atoms with Crippen molar-refractivity contribution in [1.82, 2.24) is 4.98 Å². The number of aromatic nitrogens is 1. The molecule has 1 atom stereocenters. The third-order valence-electron chi connectivity index (χ3n) is 4.17. The predicted molar refractivity (Wildman–Crippen MR) is 120 cm³/mol. The first-order chi connectivity index (χ1) is 13.1. The maximum absolute atomic E-state index is 12.7. The highest BCUT2D eigenvalue weighted by Gasteiger charge is 2.15. The molecule has 0 saturated heterocycles. The Labute approximate surface area is 172 Å². The Morgan fingerprint density at radius 1 is 1.04 bits per heavy atom. The average Bonchev–Trinajstić information content (AvgIpc) is 3.20. The molecule has 1 unspecified atom stereocenters. The van der Waals surface area contributed by atoms with E-state index in [2.05, 4.69) is 16.9 Å². The third kappa shape index (κ3) is 4.89. The normalized spacial score (nSPS) is 11.8. The van der Waals surface area contributed by atoms with Crippen molar-refractivity contribution in [1.29, 1.82) is 0 Å².